The SMILES string of the molecule is CCC(C)C(NC(=O)c1ccccc1)C(=O)N(C)Cc1c(F)cccc1Cl. The van der Waals surface area contributed by atoms with E-state index in [2.05, 4.69) is 5.32 Å². The van der Waals surface area contributed by atoms with Crippen LogP contribution in [0, 0.1) is 11.7 Å². The van der Waals surface area contributed by atoms with Gasteiger partial charge in [0, 0.05) is 29.7 Å². The lowest BCUT2D eigenvalue weighted by molar-refractivity contribution is -0.133. The summed E-state index contributed by atoms with van der Waals surface area (Å²) in [5, 5.41) is 3.09. The Kier molecular flexibility index (Phi) is 7.36. The van der Waals surface area contributed by atoms with Crippen LogP contribution in [-0.4, -0.2) is 29.8 Å². The maximum atomic E-state index is 14.0. The number of carbonyl (C=O) groups excluding carboxylic acids is 2. The van der Waals surface area contributed by atoms with Crippen molar-refractivity contribution in [3.8, 4) is 0 Å². The van der Waals surface area contributed by atoms with E-state index in [1.165, 1.54) is 17.0 Å². The molecule has 0 fully saturated rings. The number of benzene rings is 2. The van der Waals surface area contributed by atoms with Gasteiger partial charge in [0.25, 0.3) is 5.91 Å². The van der Waals surface area contributed by atoms with Gasteiger partial charge in [0.15, 0.2) is 0 Å². The molecule has 2 rings (SSSR count). The Bertz CT molecular complexity index is 778. The second-order valence-corrected chi connectivity index (χ2v) is 7.00. The monoisotopic (exact) mass is 390 g/mol. The van der Waals surface area contributed by atoms with Crippen LogP contribution in [0.4, 0.5) is 4.39 Å². The first-order chi connectivity index (χ1) is 12.8. The Balaban J connectivity index is 2.17. The molecule has 0 heterocycles. The van der Waals surface area contributed by atoms with Gasteiger partial charge >= 0.3 is 0 Å². The van der Waals surface area contributed by atoms with Crippen LogP contribution in [0.15, 0.2) is 48.5 Å². The molecule has 2 amide bonds. The molecule has 27 heavy (non-hydrogen) atoms. The molecule has 0 aliphatic heterocycles. The fourth-order valence-electron chi connectivity index (χ4n) is 2.73. The van der Waals surface area contributed by atoms with Gasteiger partial charge in [-0.2, -0.15) is 0 Å². The highest BCUT2D eigenvalue weighted by molar-refractivity contribution is 6.31. The van der Waals surface area contributed by atoms with Crippen LogP contribution < -0.4 is 5.32 Å². The minimum Gasteiger partial charge on any atom is -0.340 e. The van der Waals surface area contributed by atoms with Gasteiger partial charge in [-0.25, -0.2) is 4.39 Å². The maximum Gasteiger partial charge on any atom is 0.251 e. The summed E-state index contributed by atoms with van der Waals surface area (Å²) in [5.41, 5.74) is 0.741. The van der Waals surface area contributed by atoms with Gasteiger partial charge < -0.3 is 10.2 Å². The van der Waals surface area contributed by atoms with E-state index in [9.17, 15) is 14.0 Å². The van der Waals surface area contributed by atoms with Gasteiger partial charge in [-0.1, -0.05) is 56.1 Å². The Morgan fingerprint density at radius 1 is 1.15 bits per heavy atom. The van der Waals surface area contributed by atoms with E-state index < -0.39 is 11.9 Å². The van der Waals surface area contributed by atoms with Gasteiger partial charge in [0.05, 0.1) is 0 Å². The second kappa shape index (κ2) is 9.51. The lowest BCUT2D eigenvalue weighted by Crippen LogP contribution is -2.50. The molecule has 2 aromatic carbocycles. The van der Waals surface area contributed by atoms with E-state index in [4.69, 9.17) is 11.6 Å². The van der Waals surface area contributed by atoms with Crippen molar-refractivity contribution in [3.63, 3.8) is 0 Å². The fourth-order valence-corrected chi connectivity index (χ4v) is 2.96. The summed E-state index contributed by atoms with van der Waals surface area (Å²) < 4.78 is 14.0. The van der Waals surface area contributed by atoms with Crippen molar-refractivity contribution in [1.29, 1.82) is 0 Å². The van der Waals surface area contributed by atoms with E-state index in [0.717, 1.165) is 0 Å². The van der Waals surface area contributed by atoms with E-state index in [-0.39, 0.29) is 34.9 Å². The average Bonchev–Trinajstić information content (AvgIpc) is 2.68. The van der Waals surface area contributed by atoms with Crippen LogP contribution in [0.5, 0.6) is 0 Å². The summed E-state index contributed by atoms with van der Waals surface area (Å²) in [7, 11) is 1.58. The fraction of sp³-hybridized carbons (Fsp3) is 0.333. The normalized spacial score (nSPS) is 12.9. The van der Waals surface area contributed by atoms with Crippen molar-refractivity contribution >= 4 is 23.4 Å². The highest BCUT2D eigenvalue weighted by atomic mass is 35.5. The van der Waals surface area contributed by atoms with Gasteiger partial charge in [0.1, 0.15) is 11.9 Å². The van der Waals surface area contributed by atoms with Gasteiger partial charge in [-0.05, 0) is 30.2 Å². The molecule has 0 saturated carbocycles. The van der Waals surface area contributed by atoms with E-state index >= 15 is 0 Å². The third kappa shape index (κ3) is 5.30. The molecule has 2 atom stereocenters. The Morgan fingerprint density at radius 2 is 1.81 bits per heavy atom. The molecule has 0 spiro atoms. The Labute approximate surface area is 164 Å². The standard InChI is InChI=1S/C21H24ClFN2O2/c1-4-14(2)19(24-20(26)15-9-6-5-7-10-15)21(27)25(3)13-16-17(22)11-8-12-18(16)23/h5-12,14,19H,4,13H2,1-3H3,(H,24,26). The van der Waals surface area contributed by atoms with Gasteiger partial charge in [-0.15, -0.1) is 0 Å². The molecule has 2 unspecified atom stereocenters. The number of hydrogen-bond acceptors (Lipinski definition) is 2. The summed E-state index contributed by atoms with van der Waals surface area (Å²) in [5.74, 6) is -1.14. The first-order valence-corrected chi connectivity index (χ1v) is 9.26. The third-order valence-electron chi connectivity index (χ3n) is 4.63. The molecule has 144 valence electrons. The molecule has 6 heteroatoms. The van der Waals surface area contributed by atoms with Crippen molar-refractivity contribution < 1.29 is 14.0 Å². The van der Waals surface area contributed by atoms with Crippen molar-refractivity contribution in [3.05, 3.63) is 70.5 Å². The number of nitrogens with zero attached hydrogens (tertiary/aromatic N) is 1. The lowest BCUT2D eigenvalue weighted by atomic mass is 9.97. The molecular formula is C21H24ClFN2O2. The predicted octanol–water partition coefficient (Wildman–Crippen LogP) is 4.28. The minimum atomic E-state index is -0.710. The molecular weight excluding hydrogens is 367 g/mol. The van der Waals surface area contributed by atoms with Crippen LogP contribution in [0.25, 0.3) is 0 Å². The summed E-state index contributed by atoms with van der Waals surface area (Å²) in [6.45, 7) is 3.88. The largest absolute Gasteiger partial charge is 0.340 e. The van der Waals surface area contributed by atoms with Crippen LogP contribution in [-0.2, 0) is 11.3 Å². The second-order valence-electron chi connectivity index (χ2n) is 6.60. The summed E-state index contributed by atoms with van der Waals surface area (Å²) in [4.78, 5) is 26.9. The zero-order valence-corrected chi connectivity index (χ0v) is 16.5. The van der Waals surface area contributed by atoms with Crippen LogP contribution in [0.3, 0.4) is 0 Å². The van der Waals surface area contributed by atoms with Crippen molar-refractivity contribution in [1.82, 2.24) is 10.2 Å². The number of likely N-dealkylation sites (N-methyl/N-ethyl adjacent to an activating group) is 1. The number of nitrogens with one attached hydrogen (secondary N) is 1. The molecule has 0 aliphatic rings. The highest BCUT2D eigenvalue weighted by Crippen LogP contribution is 2.21. The zero-order chi connectivity index (χ0) is 20.0. The highest BCUT2D eigenvalue weighted by Gasteiger charge is 2.29. The van der Waals surface area contributed by atoms with E-state index in [1.807, 2.05) is 19.9 Å². The van der Waals surface area contributed by atoms with Gasteiger partial charge in [-0.3, -0.25) is 9.59 Å². The van der Waals surface area contributed by atoms with Crippen molar-refractivity contribution in [2.45, 2.75) is 32.9 Å². The molecule has 2 aromatic rings. The quantitative estimate of drug-likeness (QED) is 0.767. The Morgan fingerprint density at radius 3 is 2.41 bits per heavy atom. The first kappa shape index (κ1) is 20.9. The molecule has 0 saturated heterocycles. The Hall–Kier alpha value is -2.40. The van der Waals surface area contributed by atoms with Crippen molar-refractivity contribution in [2.24, 2.45) is 5.92 Å². The number of amides is 2. The molecule has 0 aliphatic carbocycles. The zero-order valence-electron chi connectivity index (χ0n) is 15.7. The predicted molar refractivity (Wildman–Crippen MR) is 105 cm³/mol. The van der Waals surface area contributed by atoms with Gasteiger partial charge in [0.2, 0.25) is 5.91 Å². The molecule has 4 nitrogen and oxygen atoms in total. The first-order valence-electron chi connectivity index (χ1n) is 8.88. The van der Waals surface area contributed by atoms with Crippen molar-refractivity contribution in [2.75, 3.05) is 7.05 Å². The lowest BCUT2D eigenvalue weighted by Gasteiger charge is -2.28. The summed E-state index contributed by atoms with van der Waals surface area (Å²) in [6.07, 6.45) is 0.708. The summed E-state index contributed by atoms with van der Waals surface area (Å²) >= 11 is 6.06. The number of rotatable bonds is 7. The molecule has 1 N–H and O–H groups in total. The minimum absolute atomic E-state index is 0.0263. The topological polar surface area (TPSA) is 49.4 Å². The third-order valence-corrected chi connectivity index (χ3v) is 4.99. The summed E-state index contributed by atoms with van der Waals surface area (Å²) in [6, 6.07) is 12.4. The number of halogens is 2. The smallest absolute Gasteiger partial charge is 0.251 e. The molecule has 0 bridgehead atoms. The van der Waals surface area contributed by atoms with E-state index in [1.54, 1.807) is 37.4 Å². The number of carbonyl (C=O) groups is 2. The molecule has 0 radical (unpaired) electrons. The number of hydrogen-bond donors (Lipinski definition) is 1. The average molecular weight is 391 g/mol. The van der Waals surface area contributed by atoms with Crippen LogP contribution in [0.2, 0.25) is 5.02 Å². The van der Waals surface area contributed by atoms with Crippen LogP contribution in [0.1, 0.15) is 36.2 Å². The molecule has 0 aromatic heterocycles. The maximum absolute atomic E-state index is 14.0. The van der Waals surface area contributed by atoms with Crippen LogP contribution >= 0.6 is 11.6 Å². The van der Waals surface area contributed by atoms with E-state index in [0.29, 0.717) is 12.0 Å².